The Morgan fingerprint density at radius 3 is 2.80 bits per heavy atom. The maximum Gasteiger partial charge on any atom is 0.257 e. The van der Waals surface area contributed by atoms with E-state index in [2.05, 4.69) is 25.0 Å². The summed E-state index contributed by atoms with van der Waals surface area (Å²) in [7, 11) is 0. The Kier molecular flexibility index (Phi) is 2.99. The Morgan fingerprint density at radius 2 is 2.05 bits per heavy atom. The molecule has 0 amide bonds. The van der Waals surface area contributed by atoms with Gasteiger partial charge in [0.15, 0.2) is 5.82 Å². The SMILES string of the molecule is Nc1nc(-c2cc(F)ccc2Cl)nc(-n2cncn2)n1. The highest BCUT2D eigenvalue weighted by atomic mass is 35.5. The molecule has 100 valence electrons. The van der Waals surface area contributed by atoms with Crippen molar-refractivity contribution < 1.29 is 4.39 Å². The van der Waals surface area contributed by atoms with E-state index in [0.29, 0.717) is 10.6 Å². The summed E-state index contributed by atoms with van der Waals surface area (Å²) in [6.45, 7) is 0. The molecular weight excluding hydrogens is 285 g/mol. The number of aromatic nitrogens is 6. The van der Waals surface area contributed by atoms with Gasteiger partial charge < -0.3 is 5.73 Å². The first-order valence-corrected chi connectivity index (χ1v) is 5.83. The van der Waals surface area contributed by atoms with Gasteiger partial charge in [0.25, 0.3) is 5.95 Å². The van der Waals surface area contributed by atoms with Gasteiger partial charge in [-0.25, -0.2) is 9.37 Å². The first-order valence-electron chi connectivity index (χ1n) is 5.45. The highest BCUT2D eigenvalue weighted by Crippen LogP contribution is 2.26. The molecule has 0 atom stereocenters. The number of anilines is 1. The van der Waals surface area contributed by atoms with Crippen molar-refractivity contribution >= 4 is 17.5 Å². The second-order valence-corrected chi connectivity index (χ2v) is 4.19. The van der Waals surface area contributed by atoms with E-state index in [9.17, 15) is 4.39 Å². The third-order valence-corrected chi connectivity index (χ3v) is 2.76. The number of hydrogen-bond acceptors (Lipinski definition) is 6. The van der Waals surface area contributed by atoms with Crippen LogP contribution < -0.4 is 5.73 Å². The zero-order valence-electron chi connectivity index (χ0n) is 9.90. The van der Waals surface area contributed by atoms with Crippen molar-refractivity contribution in [2.45, 2.75) is 0 Å². The number of halogens is 2. The minimum Gasteiger partial charge on any atom is -0.368 e. The maximum atomic E-state index is 13.3. The molecule has 0 fully saturated rings. The first kappa shape index (κ1) is 12.4. The number of nitrogens with two attached hydrogens (primary N) is 1. The summed E-state index contributed by atoms with van der Waals surface area (Å²) in [5.74, 6) is -0.149. The molecule has 0 saturated carbocycles. The van der Waals surface area contributed by atoms with Crippen LogP contribution in [0, 0.1) is 5.82 Å². The van der Waals surface area contributed by atoms with Crippen LogP contribution in [0.2, 0.25) is 5.02 Å². The molecule has 2 aromatic heterocycles. The fourth-order valence-corrected chi connectivity index (χ4v) is 1.79. The molecule has 0 unspecified atom stereocenters. The molecule has 3 aromatic rings. The van der Waals surface area contributed by atoms with Crippen LogP contribution in [0.3, 0.4) is 0 Å². The van der Waals surface area contributed by atoms with Gasteiger partial charge in [-0.2, -0.15) is 24.7 Å². The van der Waals surface area contributed by atoms with E-state index in [1.54, 1.807) is 0 Å². The van der Waals surface area contributed by atoms with Crippen molar-refractivity contribution in [3.05, 3.63) is 41.7 Å². The molecule has 20 heavy (non-hydrogen) atoms. The largest absolute Gasteiger partial charge is 0.368 e. The van der Waals surface area contributed by atoms with Gasteiger partial charge in [-0.1, -0.05) is 11.6 Å². The van der Waals surface area contributed by atoms with E-state index in [1.165, 1.54) is 35.5 Å². The Labute approximate surface area is 117 Å². The molecule has 7 nitrogen and oxygen atoms in total. The molecule has 0 aliphatic rings. The molecule has 0 radical (unpaired) electrons. The summed E-state index contributed by atoms with van der Waals surface area (Å²) in [5, 5.41) is 4.20. The molecule has 0 aliphatic carbocycles. The first-order chi connectivity index (χ1) is 9.63. The molecular formula is C11H7ClFN7. The second-order valence-electron chi connectivity index (χ2n) is 3.78. The van der Waals surface area contributed by atoms with Crippen LogP contribution in [0.4, 0.5) is 10.3 Å². The predicted octanol–water partition coefficient (Wildman–Crippen LogP) is 1.49. The van der Waals surface area contributed by atoms with Gasteiger partial charge in [-0.3, -0.25) is 0 Å². The van der Waals surface area contributed by atoms with Crippen molar-refractivity contribution in [2.24, 2.45) is 0 Å². The highest BCUT2D eigenvalue weighted by molar-refractivity contribution is 6.33. The average Bonchev–Trinajstić information content (AvgIpc) is 2.95. The summed E-state index contributed by atoms with van der Waals surface area (Å²) in [5.41, 5.74) is 5.95. The average molecular weight is 292 g/mol. The summed E-state index contributed by atoms with van der Waals surface area (Å²) in [6.07, 6.45) is 2.74. The summed E-state index contributed by atoms with van der Waals surface area (Å²) >= 11 is 6.02. The topological polar surface area (TPSA) is 95.4 Å². The summed E-state index contributed by atoms with van der Waals surface area (Å²) in [6, 6.07) is 3.89. The molecule has 2 N–H and O–H groups in total. The molecule has 0 spiro atoms. The molecule has 0 saturated heterocycles. The normalized spacial score (nSPS) is 10.7. The van der Waals surface area contributed by atoms with Crippen LogP contribution in [0.5, 0.6) is 0 Å². The van der Waals surface area contributed by atoms with Crippen molar-refractivity contribution in [3.8, 4) is 17.3 Å². The monoisotopic (exact) mass is 291 g/mol. The molecule has 2 heterocycles. The zero-order valence-corrected chi connectivity index (χ0v) is 10.7. The van der Waals surface area contributed by atoms with Gasteiger partial charge >= 0.3 is 0 Å². The minimum atomic E-state index is -0.453. The van der Waals surface area contributed by atoms with Gasteiger partial charge in [0, 0.05) is 5.56 Å². The van der Waals surface area contributed by atoms with Crippen molar-refractivity contribution in [2.75, 3.05) is 5.73 Å². The molecule has 3 rings (SSSR count). The van der Waals surface area contributed by atoms with E-state index >= 15 is 0 Å². The van der Waals surface area contributed by atoms with Gasteiger partial charge in [0.1, 0.15) is 18.5 Å². The molecule has 0 aliphatic heterocycles. The molecule has 0 bridgehead atoms. The van der Waals surface area contributed by atoms with Gasteiger partial charge in [0.05, 0.1) is 5.02 Å². The quantitative estimate of drug-likeness (QED) is 0.768. The third kappa shape index (κ3) is 2.28. The fraction of sp³-hybridized carbons (Fsp3) is 0. The maximum absolute atomic E-state index is 13.3. The van der Waals surface area contributed by atoms with Gasteiger partial charge in [-0.05, 0) is 18.2 Å². The Bertz CT molecular complexity index is 759. The summed E-state index contributed by atoms with van der Waals surface area (Å²) < 4.78 is 14.6. The zero-order chi connectivity index (χ0) is 14.1. The van der Waals surface area contributed by atoms with E-state index in [1.807, 2.05) is 0 Å². The predicted molar refractivity (Wildman–Crippen MR) is 69.6 cm³/mol. The third-order valence-electron chi connectivity index (χ3n) is 2.43. The van der Waals surface area contributed by atoms with E-state index in [4.69, 9.17) is 17.3 Å². The lowest BCUT2D eigenvalue weighted by atomic mass is 10.2. The van der Waals surface area contributed by atoms with Crippen LogP contribution >= 0.6 is 11.6 Å². The van der Waals surface area contributed by atoms with Crippen molar-refractivity contribution in [1.29, 1.82) is 0 Å². The van der Waals surface area contributed by atoms with Crippen LogP contribution in [-0.4, -0.2) is 29.7 Å². The van der Waals surface area contributed by atoms with Gasteiger partial charge in [0.2, 0.25) is 5.95 Å². The fourth-order valence-electron chi connectivity index (χ4n) is 1.58. The van der Waals surface area contributed by atoms with Crippen molar-refractivity contribution in [3.63, 3.8) is 0 Å². The minimum absolute atomic E-state index is 0.0270. The highest BCUT2D eigenvalue weighted by Gasteiger charge is 2.12. The number of nitrogens with zero attached hydrogens (tertiary/aromatic N) is 6. The standard InChI is InChI=1S/C11H7ClFN7/c12-8-2-1-6(13)3-7(8)9-17-10(14)19-11(18-9)20-5-15-4-16-20/h1-5H,(H2,14,17,18,19). The Morgan fingerprint density at radius 1 is 1.20 bits per heavy atom. The molecule has 9 heteroatoms. The molecule has 1 aromatic carbocycles. The number of hydrogen-bond donors (Lipinski definition) is 1. The Hall–Kier alpha value is -2.61. The van der Waals surface area contributed by atoms with Crippen LogP contribution in [0.15, 0.2) is 30.9 Å². The smallest absolute Gasteiger partial charge is 0.257 e. The van der Waals surface area contributed by atoms with Crippen LogP contribution in [-0.2, 0) is 0 Å². The van der Waals surface area contributed by atoms with Crippen molar-refractivity contribution in [1.82, 2.24) is 29.7 Å². The lowest BCUT2D eigenvalue weighted by Crippen LogP contribution is -2.08. The second kappa shape index (κ2) is 4.82. The van der Waals surface area contributed by atoms with Gasteiger partial charge in [-0.15, -0.1) is 0 Å². The lowest BCUT2D eigenvalue weighted by Gasteiger charge is -2.06. The van der Waals surface area contributed by atoms with Crippen LogP contribution in [0.25, 0.3) is 17.3 Å². The number of benzene rings is 1. The van der Waals surface area contributed by atoms with Crippen LogP contribution in [0.1, 0.15) is 0 Å². The Balaban J connectivity index is 2.17. The van der Waals surface area contributed by atoms with E-state index in [-0.39, 0.29) is 17.7 Å². The lowest BCUT2D eigenvalue weighted by molar-refractivity contribution is 0.628. The van der Waals surface area contributed by atoms with E-state index in [0.717, 1.165) is 0 Å². The summed E-state index contributed by atoms with van der Waals surface area (Å²) in [4.78, 5) is 15.8. The van der Waals surface area contributed by atoms with E-state index < -0.39 is 5.82 Å². The number of nitrogen functional groups attached to an aromatic ring is 1. The number of rotatable bonds is 2.